The number of benzene rings is 3. The predicted molar refractivity (Wildman–Crippen MR) is 113 cm³/mol. The van der Waals surface area contributed by atoms with Crippen molar-refractivity contribution in [2.24, 2.45) is 0 Å². The smallest absolute Gasteiger partial charge is 0.225 e. The third-order valence-electron chi connectivity index (χ3n) is 4.58. The quantitative estimate of drug-likeness (QED) is 0.370. The molecule has 0 saturated carbocycles. The zero-order chi connectivity index (χ0) is 18.9. The molecule has 2 aromatic heterocycles. The van der Waals surface area contributed by atoms with E-state index in [9.17, 15) is 0 Å². The average molecular weight is 383 g/mol. The van der Waals surface area contributed by atoms with Gasteiger partial charge in [-0.25, -0.2) is 9.97 Å². The maximum Gasteiger partial charge on any atom is 0.225 e. The van der Waals surface area contributed by atoms with Crippen molar-refractivity contribution in [2.75, 3.05) is 0 Å². The van der Waals surface area contributed by atoms with Gasteiger partial charge in [0, 0.05) is 16.8 Å². The highest BCUT2D eigenvalue weighted by Gasteiger charge is 2.20. The minimum absolute atomic E-state index is 0.184. The van der Waals surface area contributed by atoms with Gasteiger partial charge in [0.2, 0.25) is 5.28 Å². The highest BCUT2D eigenvalue weighted by molar-refractivity contribution is 6.28. The van der Waals surface area contributed by atoms with E-state index in [4.69, 9.17) is 16.6 Å². The van der Waals surface area contributed by atoms with E-state index in [2.05, 4.69) is 26.7 Å². The van der Waals surface area contributed by atoms with Gasteiger partial charge in [-0.2, -0.15) is 4.98 Å². The van der Waals surface area contributed by atoms with Crippen molar-refractivity contribution in [2.45, 2.75) is 0 Å². The molecule has 0 aliphatic rings. The largest absolute Gasteiger partial charge is 0.289 e. The van der Waals surface area contributed by atoms with Gasteiger partial charge in [0.25, 0.3) is 0 Å². The zero-order valence-corrected chi connectivity index (χ0v) is 15.6. The van der Waals surface area contributed by atoms with Crippen LogP contribution in [0.4, 0.5) is 0 Å². The first-order valence-corrected chi connectivity index (χ1v) is 9.31. The van der Waals surface area contributed by atoms with Gasteiger partial charge in [-0.3, -0.25) is 4.57 Å². The Kier molecular flexibility index (Phi) is 4.11. The highest BCUT2D eigenvalue weighted by atomic mass is 35.5. The van der Waals surface area contributed by atoms with Crippen molar-refractivity contribution in [1.29, 1.82) is 0 Å². The molecular formula is C23H15ClN4. The first kappa shape index (κ1) is 16.7. The maximum atomic E-state index is 6.26. The second-order valence-corrected chi connectivity index (χ2v) is 6.69. The second kappa shape index (κ2) is 6.91. The van der Waals surface area contributed by atoms with Gasteiger partial charge in [0.1, 0.15) is 17.0 Å². The van der Waals surface area contributed by atoms with Crippen LogP contribution < -0.4 is 0 Å². The van der Waals surface area contributed by atoms with Crippen LogP contribution in [-0.2, 0) is 0 Å². The molecule has 0 saturated heterocycles. The van der Waals surface area contributed by atoms with Gasteiger partial charge in [-0.1, -0.05) is 78.9 Å². The number of hydrogen-bond donors (Lipinski definition) is 0. The molecule has 0 spiro atoms. The molecule has 5 rings (SSSR count). The van der Waals surface area contributed by atoms with E-state index in [1.807, 2.05) is 78.9 Å². The van der Waals surface area contributed by atoms with E-state index >= 15 is 0 Å². The molecule has 3 aromatic carbocycles. The summed E-state index contributed by atoms with van der Waals surface area (Å²) in [7, 11) is 0. The van der Waals surface area contributed by atoms with Crippen LogP contribution in [0.3, 0.4) is 0 Å². The Bertz CT molecular complexity index is 1250. The Morgan fingerprint density at radius 3 is 1.82 bits per heavy atom. The second-order valence-electron chi connectivity index (χ2n) is 6.35. The molecule has 0 N–H and O–H groups in total. The SMILES string of the molecule is Clc1nc(-c2ccccc2)c2c(n1)nc(-c1ccccc1)n2-c1ccccc1. The third kappa shape index (κ3) is 2.84. The summed E-state index contributed by atoms with van der Waals surface area (Å²) in [6, 6.07) is 30.2. The fourth-order valence-corrected chi connectivity index (χ4v) is 3.53. The van der Waals surface area contributed by atoms with E-state index in [-0.39, 0.29) is 5.28 Å². The standard InChI is InChI=1S/C23H15ClN4/c24-23-25-19(16-10-4-1-5-11-16)20-21(27-23)26-22(17-12-6-2-7-13-17)28(20)18-14-8-3-9-15-18/h1-15H. The monoisotopic (exact) mass is 382 g/mol. The molecule has 0 fully saturated rings. The van der Waals surface area contributed by atoms with E-state index in [1.54, 1.807) is 0 Å². The summed E-state index contributed by atoms with van der Waals surface area (Å²) in [4.78, 5) is 13.8. The molecule has 0 atom stereocenters. The number of imidazole rings is 1. The zero-order valence-electron chi connectivity index (χ0n) is 14.8. The molecule has 0 aliphatic carbocycles. The number of para-hydroxylation sites is 1. The number of hydrogen-bond acceptors (Lipinski definition) is 3. The number of halogens is 1. The van der Waals surface area contributed by atoms with Gasteiger partial charge in [-0.05, 0) is 23.7 Å². The van der Waals surface area contributed by atoms with Crippen molar-refractivity contribution in [3.8, 4) is 28.3 Å². The number of fused-ring (bicyclic) bond motifs is 1. The molecule has 4 nitrogen and oxygen atoms in total. The fraction of sp³-hybridized carbons (Fsp3) is 0. The van der Waals surface area contributed by atoms with Crippen molar-refractivity contribution >= 4 is 22.8 Å². The number of aromatic nitrogens is 4. The number of rotatable bonds is 3. The normalized spacial score (nSPS) is 11.0. The average Bonchev–Trinajstić information content (AvgIpc) is 3.14. The molecule has 5 aromatic rings. The summed E-state index contributed by atoms with van der Waals surface area (Å²) in [6.45, 7) is 0. The Hall–Kier alpha value is -3.50. The van der Waals surface area contributed by atoms with Crippen LogP contribution in [0.25, 0.3) is 39.5 Å². The molecule has 0 amide bonds. The third-order valence-corrected chi connectivity index (χ3v) is 4.75. The van der Waals surface area contributed by atoms with Crippen LogP contribution in [0, 0.1) is 0 Å². The first-order chi connectivity index (χ1) is 13.8. The topological polar surface area (TPSA) is 43.6 Å². The Morgan fingerprint density at radius 2 is 1.18 bits per heavy atom. The summed E-state index contributed by atoms with van der Waals surface area (Å²) in [5.41, 5.74) is 5.12. The van der Waals surface area contributed by atoms with E-state index in [0.717, 1.165) is 33.8 Å². The molecule has 134 valence electrons. The predicted octanol–water partition coefficient (Wildman–Crippen LogP) is 5.80. The summed E-state index contributed by atoms with van der Waals surface area (Å²) in [5.74, 6) is 0.801. The minimum Gasteiger partial charge on any atom is -0.289 e. The Balaban J connectivity index is 1.92. The Morgan fingerprint density at radius 1 is 0.607 bits per heavy atom. The van der Waals surface area contributed by atoms with Gasteiger partial charge in [0.15, 0.2) is 5.65 Å². The van der Waals surface area contributed by atoms with E-state index in [0.29, 0.717) is 5.65 Å². The van der Waals surface area contributed by atoms with Gasteiger partial charge >= 0.3 is 0 Å². The Labute approximate surface area is 167 Å². The lowest BCUT2D eigenvalue weighted by molar-refractivity contribution is 1.10. The summed E-state index contributed by atoms with van der Waals surface area (Å²) in [5, 5.41) is 0.184. The van der Waals surface area contributed by atoms with E-state index in [1.165, 1.54) is 0 Å². The first-order valence-electron chi connectivity index (χ1n) is 8.93. The summed E-state index contributed by atoms with van der Waals surface area (Å²) >= 11 is 6.26. The molecule has 28 heavy (non-hydrogen) atoms. The molecule has 2 heterocycles. The molecule has 0 unspecified atom stereocenters. The molecule has 5 heteroatoms. The van der Waals surface area contributed by atoms with Crippen molar-refractivity contribution in [3.63, 3.8) is 0 Å². The lowest BCUT2D eigenvalue weighted by atomic mass is 10.1. The van der Waals surface area contributed by atoms with Crippen molar-refractivity contribution in [3.05, 3.63) is 96.3 Å². The van der Waals surface area contributed by atoms with Crippen LogP contribution in [0.1, 0.15) is 0 Å². The molecule has 0 bridgehead atoms. The van der Waals surface area contributed by atoms with Crippen molar-refractivity contribution < 1.29 is 0 Å². The minimum atomic E-state index is 0.184. The molecule has 0 aliphatic heterocycles. The van der Waals surface area contributed by atoms with Gasteiger partial charge in [-0.15, -0.1) is 0 Å². The molecule has 0 radical (unpaired) electrons. The summed E-state index contributed by atoms with van der Waals surface area (Å²) < 4.78 is 2.10. The lowest BCUT2D eigenvalue weighted by Gasteiger charge is -2.11. The summed E-state index contributed by atoms with van der Waals surface area (Å²) in [6.07, 6.45) is 0. The van der Waals surface area contributed by atoms with Crippen LogP contribution in [0.15, 0.2) is 91.0 Å². The van der Waals surface area contributed by atoms with Crippen LogP contribution in [0.5, 0.6) is 0 Å². The van der Waals surface area contributed by atoms with E-state index < -0.39 is 0 Å². The van der Waals surface area contributed by atoms with Crippen molar-refractivity contribution in [1.82, 2.24) is 19.5 Å². The highest BCUT2D eigenvalue weighted by Crippen LogP contribution is 2.33. The van der Waals surface area contributed by atoms with Crippen LogP contribution in [0.2, 0.25) is 5.28 Å². The van der Waals surface area contributed by atoms with Crippen LogP contribution in [-0.4, -0.2) is 19.5 Å². The lowest BCUT2D eigenvalue weighted by Crippen LogP contribution is -2.00. The maximum absolute atomic E-state index is 6.26. The van der Waals surface area contributed by atoms with Gasteiger partial charge in [0.05, 0.1) is 0 Å². The van der Waals surface area contributed by atoms with Gasteiger partial charge < -0.3 is 0 Å². The molecular weight excluding hydrogens is 368 g/mol. The fourth-order valence-electron chi connectivity index (χ4n) is 3.36. The van der Waals surface area contributed by atoms with Crippen LogP contribution >= 0.6 is 11.6 Å². The number of nitrogens with zero attached hydrogens (tertiary/aromatic N) is 4.